The first-order chi connectivity index (χ1) is 11.2. The van der Waals surface area contributed by atoms with E-state index in [1.165, 1.54) is 23.4 Å². The average Bonchev–Trinajstić information content (AvgIpc) is 3.24. The van der Waals surface area contributed by atoms with Crippen LogP contribution in [-0.4, -0.2) is 22.5 Å². The zero-order valence-electron chi connectivity index (χ0n) is 13.2. The maximum Gasteiger partial charge on any atom is 0.307 e. The number of aromatic nitrogens is 1. The van der Waals surface area contributed by atoms with E-state index in [-0.39, 0.29) is 24.2 Å². The Bertz CT molecular complexity index is 610. The molecular formula is C17H22N2O3S. The van der Waals surface area contributed by atoms with Gasteiger partial charge in [0.25, 0.3) is 0 Å². The van der Waals surface area contributed by atoms with E-state index in [9.17, 15) is 9.59 Å². The molecule has 1 aliphatic heterocycles. The van der Waals surface area contributed by atoms with Gasteiger partial charge in [0.05, 0.1) is 24.6 Å². The number of fused-ring (bicyclic) bond motifs is 1. The molecule has 0 aromatic carbocycles. The summed E-state index contributed by atoms with van der Waals surface area (Å²) in [4.78, 5) is 30.4. The molecule has 5 nitrogen and oxygen atoms in total. The van der Waals surface area contributed by atoms with Gasteiger partial charge in [-0.05, 0) is 51.4 Å². The second-order valence-corrected chi connectivity index (χ2v) is 8.07. The minimum absolute atomic E-state index is 0.0501. The monoisotopic (exact) mass is 334 g/mol. The van der Waals surface area contributed by atoms with E-state index in [1.807, 2.05) is 0 Å². The molecule has 2 heterocycles. The fourth-order valence-electron chi connectivity index (χ4n) is 4.21. The number of nitrogens with zero attached hydrogens (tertiary/aromatic N) is 1. The van der Waals surface area contributed by atoms with Gasteiger partial charge >= 0.3 is 5.97 Å². The van der Waals surface area contributed by atoms with Crippen LogP contribution in [0, 0.1) is 5.92 Å². The maximum atomic E-state index is 12.6. The summed E-state index contributed by atoms with van der Waals surface area (Å²) in [6, 6.07) is 0. The standard InChI is InChI=1S/C17H22N2O3S/c20-15-9-11(17(22-15)7-3-4-8-17)16(21)18-10-14-19-12-5-1-2-6-13(12)23-14/h11H,1-10H2,(H,18,21)/t11-/m0/s1. The molecule has 1 aromatic heterocycles. The highest BCUT2D eigenvalue weighted by Crippen LogP contribution is 2.45. The lowest BCUT2D eigenvalue weighted by Gasteiger charge is -2.27. The number of amides is 1. The van der Waals surface area contributed by atoms with E-state index in [4.69, 9.17) is 4.74 Å². The summed E-state index contributed by atoms with van der Waals surface area (Å²) in [7, 11) is 0. The Morgan fingerprint density at radius 2 is 2.04 bits per heavy atom. The minimum Gasteiger partial charge on any atom is -0.458 e. The maximum absolute atomic E-state index is 12.6. The number of aryl methyl sites for hydroxylation is 2. The lowest BCUT2D eigenvalue weighted by atomic mass is 9.85. The predicted octanol–water partition coefficient (Wildman–Crippen LogP) is 2.51. The molecule has 0 unspecified atom stereocenters. The van der Waals surface area contributed by atoms with Crippen LogP contribution >= 0.6 is 11.3 Å². The lowest BCUT2D eigenvalue weighted by molar-refractivity contribution is -0.149. The van der Waals surface area contributed by atoms with Gasteiger partial charge in [-0.25, -0.2) is 4.98 Å². The molecule has 23 heavy (non-hydrogen) atoms. The van der Waals surface area contributed by atoms with Crippen LogP contribution in [0.3, 0.4) is 0 Å². The van der Waals surface area contributed by atoms with Crippen LogP contribution < -0.4 is 5.32 Å². The van der Waals surface area contributed by atoms with Crippen molar-refractivity contribution in [3.05, 3.63) is 15.6 Å². The van der Waals surface area contributed by atoms with E-state index in [0.29, 0.717) is 6.54 Å². The Balaban J connectivity index is 1.41. The highest BCUT2D eigenvalue weighted by molar-refractivity contribution is 7.11. The number of thiazole rings is 1. The molecule has 1 amide bonds. The molecule has 3 aliphatic rings. The zero-order chi connectivity index (χ0) is 15.9. The summed E-state index contributed by atoms with van der Waals surface area (Å²) in [5.41, 5.74) is 0.695. The first kappa shape index (κ1) is 15.1. The van der Waals surface area contributed by atoms with Gasteiger partial charge in [-0.3, -0.25) is 9.59 Å². The molecule has 4 rings (SSSR count). The van der Waals surface area contributed by atoms with Crippen molar-refractivity contribution in [2.75, 3.05) is 0 Å². The third kappa shape index (κ3) is 2.77. The summed E-state index contributed by atoms with van der Waals surface area (Å²) in [5.74, 6) is -0.602. The Morgan fingerprint density at radius 1 is 1.26 bits per heavy atom. The van der Waals surface area contributed by atoms with Crippen molar-refractivity contribution < 1.29 is 14.3 Å². The largest absolute Gasteiger partial charge is 0.458 e. The summed E-state index contributed by atoms with van der Waals surface area (Å²) in [5, 5.41) is 3.98. The van der Waals surface area contributed by atoms with Gasteiger partial charge in [-0.1, -0.05) is 0 Å². The van der Waals surface area contributed by atoms with E-state index < -0.39 is 5.60 Å². The highest BCUT2D eigenvalue weighted by atomic mass is 32.1. The number of esters is 1. The second-order valence-electron chi connectivity index (χ2n) is 6.91. The van der Waals surface area contributed by atoms with Crippen LogP contribution in [0.25, 0.3) is 0 Å². The molecule has 2 fully saturated rings. The normalized spacial score (nSPS) is 25.4. The quantitative estimate of drug-likeness (QED) is 0.863. The lowest BCUT2D eigenvalue weighted by Crippen LogP contribution is -2.42. The van der Waals surface area contributed by atoms with Crippen molar-refractivity contribution in [2.24, 2.45) is 5.92 Å². The number of hydrogen-bond donors (Lipinski definition) is 1. The molecule has 0 bridgehead atoms. The molecule has 6 heteroatoms. The van der Waals surface area contributed by atoms with Gasteiger partial charge in [0, 0.05) is 4.88 Å². The van der Waals surface area contributed by atoms with Gasteiger partial charge in [0.1, 0.15) is 10.6 Å². The fraction of sp³-hybridized carbons (Fsp3) is 0.706. The number of rotatable bonds is 3. The third-order valence-corrected chi connectivity index (χ3v) is 6.55. The van der Waals surface area contributed by atoms with Crippen molar-refractivity contribution >= 4 is 23.2 Å². The van der Waals surface area contributed by atoms with E-state index in [0.717, 1.165) is 43.5 Å². The molecule has 124 valence electrons. The van der Waals surface area contributed by atoms with Gasteiger partial charge in [-0.2, -0.15) is 0 Å². The molecule has 2 aliphatic carbocycles. The van der Waals surface area contributed by atoms with Gasteiger partial charge in [0.2, 0.25) is 5.91 Å². The average molecular weight is 334 g/mol. The number of hydrogen-bond acceptors (Lipinski definition) is 5. The molecular weight excluding hydrogens is 312 g/mol. The van der Waals surface area contributed by atoms with Crippen LogP contribution in [0.1, 0.15) is 60.5 Å². The SMILES string of the molecule is O=C1C[C@@H](C(=O)NCc2nc3c(s2)CCCC3)C2(CCCC2)O1. The van der Waals surface area contributed by atoms with Gasteiger partial charge in [-0.15, -0.1) is 11.3 Å². The topological polar surface area (TPSA) is 68.3 Å². The van der Waals surface area contributed by atoms with Crippen LogP contribution in [0.4, 0.5) is 0 Å². The summed E-state index contributed by atoms with van der Waals surface area (Å²) in [6.07, 6.45) is 8.58. The van der Waals surface area contributed by atoms with Crippen molar-refractivity contribution in [3.8, 4) is 0 Å². The van der Waals surface area contributed by atoms with E-state index in [2.05, 4.69) is 10.3 Å². The second kappa shape index (κ2) is 5.89. The number of ether oxygens (including phenoxy) is 1. The number of nitrogens with one attached hydrogen (secondary N) is 1. The Labute approximate surface area is 139 Å². The predicted molar refractivity (Wildman–Crippen MR) is 86.0 cm³/mol. The van der Waals surface area contributed by atoms with E-state index >= 15 is 0 Å². The van der Waals surface area contributed by atoms with Crippen molar-refractivity contribution in [1.29, 1.82) is 0 Å². The summed E-state index contributed by atoms with van der Waals surface area (Å²) < 4.78 is 5.55. The smallest absolute Gasteiger partial charge is 0.307 e. The zero-order valence-corrected chi connectivity index (χ0v) is 14.0. The molecule has 1 saturated carbocycles. The molecule has 1 aromatic rings. The summed E-state index contributed by atoms with van der Waals surface area (Å²) >= 11 is 1.72. The van der Waals surface area contributed by atoms with E-state index in [1.54, 1.807) is 11.3 Å². The first-order valence-corrected chi connectivity index (χ1v) is 9.45. The Morgan fingerprint density at radius 3 is 2.83 bits per heavy atom. The molecule has 1 saturated heterocycles. The Kier molecular flexibility index (Phi) is 3.87. The van der Waals surface area contributed by atoms with Crippen LogP contribution in [0.2, 0.25) is 0 Å². The van der Waals surface area contributed by atoms with Gasteiger partial charge in [0.15, 0.2) is 0 Å². The molecule has 0 radical (unpaired) electrons. The van der Waals surface area contributed by atoms with Crippen molar-refractivity contribution in [2.45, 2.75) is 69.9 Å². The number of carbonyl (C=O) groups excluding carboxylic acids is 2. The Hall–Kier alpha value is -1.43. The van der Waals surface area contributed by atoms with Crippen LogP contribution in [0.5, 0.6) is 0 Å². The molecule has 1 atom stereocenters. The first-order valence-electron chi connectivity index (χ1n) is 8.63. The highest BCUT2D eigenvalue weighted by Gasteiger charge is 2.53. The number of carbonyl (C=O) groups is 2. The minimum atomic E-state index is -0.525. The fourth-order valence-corrected chi connectivity index (χ4v) is 5.31. The van der Waals surface area contributed by atoms with Crippen LogP contribution in [-0.2, 0) is 33.7 Å². The molecule has 1 N–H and O–H groups in total. The van der Waals surface area contributed by atoms with Gasteiger partial charge < -0.3 is 10.1 Å². The van der Waals surface area contributed by atoms with Crippen molar-refractivity contribution in [1.82, 2.24) is 10.3 Å². The molecule has 1 spiro atoms. The van der Waals surface area contributed by atoms with Crippen molar-refractivity contribution in [3.63, 3.8) is 0 Å². The summed E-state index contributed by atoms with van der Waals surface area (Å²) in [6.45, 7) is 0.470. The third-order valence-electron chi connectivity index (χ3n) is 5.39. The van der Waals surface area contributed by atoms with Crippen LogP contribution in [0.15, 0.2) is 0 Å².